The van der Waals surface area contributed by atoms with Crippen molar-refractivity contribution in [2.45, 2.75) is 18.8 Å². The second-order valence-corrected chi connectivity index (χ2v) is 5.29. The summed E-state index contributed by atoms with van der Waals surface area (Å²) in [6.45, 7) is 4.16. The topological polar surface area (TPSA) is 49.5 Å². The van der Waals surface area contributed by atoms with E-state index in [1.165, 1.54) is 12.0 Å². The molecule has 1 saturated heterocycles. The van der Waals surface area contributed by atoms with E-state index in [0.29, 0.717) is 25.0 Å². The number of nitrogens with zero attached hydrogens (tertiary/aromatic N) is 1. The largest absolute Gasteiger partial charge is 0.396 e. The Kier molecular flexibility index (Phi) is 5.17. The first-order valence-electron chi connectivity index (χ1n) is 6.91. The first kappa shape index (κ1) is 13.5. The molecule has 1 aliphatic rings. The predicted octanol–water partition coefficient (Wildman–Crippen LogP) is 1.43. The average Bonchev–Trinajstić information content (AvgIpc) is 2.46. The number of rotatable bonds is 5. The molecule has 1 aromatic rings. The molecule has 0 aliphatic carbocycles. The summed E-state index contributed by atoms with van der Waals surface area (Å²) >= 11 is 0. The van der Waals surface area contributed by atoms with Crippen LogP contribution in [-0.4, -0.2) is 42.8 Å². The molecule has 3 heteroatoms. The third-order valence-corrected chi connectivity index (χ3v) is 3.90. The van der Waals surface area contributed by atoms with Crippen molar-refractivity contribution in [1.82, 2.24) is 4.90 Å². The lowest BCUT2D eigenvalue weighted by atomic mass is 9.95. The van der Waals surface area contributed by atoms with Gasteiger partial charge in [-0.2, -0.15) is 0 Å². The fraction of sp³-hybridized carbons (Fsp3) is 0.600. The van der Waals surface area contributed by atoms with Crippen LogP contribution in [0, 0.1) is 5.92 Å². The van der Waals surface area contributed by atoms with E-state index in [2.05, 4.69) is 29.2 Å². The summed E-state index contributed by atoms with van der Waals surface area (Å²) in [6.07, 6.45) is 2.35. The van der Waals surface area contributed by atoms with Gasteiger partial charge in [0.15, 0.2) is 0 Å². The van der Waals surface area contributed by atoms with Crippen molar-refractivity contribution in [3.8, 4) is 0 Å². The summed E-state index contributed by atoms with van der Waals surface area (Å²) in [4.78, 5) is 2.45. The molecular formula is C15H24N2O. The van der Waals surface area contributed by atoms with Gasteiger partial charge in [-0.05, 0) is 30.9 Å². The molecule has 0 aromatic heterocycles. The maximum absolute atomic E-state index is 9.27. The number of nitrogens with two attached hydrogens (primary N) is 1. The highest BCUT2D eigenvalue weighted by Crippen LogP contribution is 2.21. The number of aliphatic hydroxyl groups is 1. The Labute approximate surface area is 110 Å². The predicted molar refractivity (Wildman–Crippen MR) is 74.5 cm³/mol. The minimum Gasteiger partial charge on any atom is -0.396 e. The molecule has 1 heterocycles. The Morgan fingerprint density at radius 3 is 2.78 bits per heavy atom. The molecule has 3 N–H and O–H groups in total. The van der Waals surface area contributed by atoms with E-state index in [1.807, 2.05) is 6.07 Å². The molecule has 0 amide bonds. The van der Waals surface area contributed by atoms with E-state index in [1.54, 1.807) is 0 Å². The highest BCUT2D eigenvalue weighted by molar-refractivity contribution is 5.20. The van der Waals surface area contributed by atoms with E-state index in [0.717, 1.165) is 26.1 Å². The lowest BCUT2D eigenvalue weighted by molar-refractivity contribution is 0.116. The fourth-order valence-corrected chi connectivity index (χ4v) is 2.82. The lowest BCUT2D eigenvalue weighted by Crippen LogP contribution is -2.40. The van der Waals surface area contributed by atoms with Crippen molar-refractivity contribution in [2.75, 3.05) is 32.8 Å². The van der Waals surface area contributed by atoms with Crippen LogP contribution in [0.2, 0.25) is 0 Å². The molecule has 0 saturated carbocycles. The first-order valence-corrected chi connectivity index (χ1v) is 6.91. The Morgan fingerprint density at radius 2 is 2.11 bits per heavy atom. The van der Waals surface area contributed by atoms with Crippen molar-refractivity contribution in [3.05, 3.63) is 35.9 Å². The van der Waals surface area contributed by atoms with Crippen LogP contribution in [0.25, 0.3) is 0 Å². The summed E-state index contributed by atoms with van der Waals surface area (Å²) < 4.78 is 0. The molecule has 3 nitrogen and oxygen atoms in total. The Bertz CT molecular complexity index is 342. The highest BCUT2D eigenvalue weighted by Gasteiger charge is 2.21. The average molecular weight is 248 g/mol. The van der Waals surface area contributed by atoms with E-state index in [-0.39, 0.29) is 0 Å². The number of hydrogen-bond acceptors (Lipinski definition) is 3. The van der Waals surface area contributed by atoms with Crippen LogP contribution in [0.4, 0.5) is 0 Å². The molecule has 0 radical (unpaired) electrons. The molecule has 18 heavy (non-hydrogen) atoms. The third-order valence-electron chi connectivity index (χ3n) is 3.90. The smallest absolute Gasteiger partial charge is 0.0471 e. The highest BCUT2D eigenvalue weighted by atomic mass is 16.3. The quantitative estimate of drug-likeness (QED) is 0.829. The molecule has 1 aromatic carbocycles. The van der Waals surface area contributed by atoms with Crippen molar-refractivity contribution < 1.29 is 5.11 Å². The van der Waals surface area contributed by atoms with Crippen LogP contribution in [0.5, 0.6) is 0 Å². The lowest BCUT2D eigenvalue weighted by Gasteiger charge is -2.34. The third kappa shape index (κ3) is 3.55. The number of hydrogen-bond donors (Lipinski definition) is 2. The maximum atomic E-state index is 9.27. The fourth-order valence-electron chi connectivity index (χ4n) is 2.82. The molecule has 0 spiro atoms. The van der Waals surface area contributed by atoms with Gasteiger partial charge in [0.2, 0.25) is 0 Å². The first-order chi connectivity index (χ1) is 8.83. The van der Waals surface area contributed by atoms with E-state index >= 15 is 0 Å². The number of likely N-dealkylation sites (tertiary alicyclic amines) is 1. The molecular weight excluding hydrogens is 224 g/mol. The summed E-state index contributed by atoms with van der Waals surface area (Å²) in [7, 11) is 0. The van der Waals surface area contributed by atoms with Gasteiger partial charge in [-0.15, -0.1) is 0 Å². The zero-order valence-corrected chi connectivity index (χ0v) is 11.0. The van der Waals surface area contributed by atoms with Gasteiger partial charge in [-0.25, -0.2) is 0 Å². The Morgan fingerprint density at radius 1 is 1.33 bits per heavy atom. The SMILES string of the molecule is NCC(CN1CCCC(CO)C1)c1ccccc1. The molecule has 1 fully saturated rings. The van der Waals surface area contributed by atoms with Crippen LogP contribution in [0.1, 0.15) is 24.3 Å². The second-order valence-electron chi connectivity index (χ2n) is 5.29. The molecule has 100 valence electrons. The van der Waals surface area contributed by atoms with Crippen LogP contribution >= 0.6 is 0 Å². The summed E-state index contributed by atoms with van der Waals surface area (Å²) in [5.74, 6) is 0.858. The summed E-state index contributed by atoms with van der Waals surface area (Å²) in [6, 6.07) is 10.5. The van der Waals surface area contributed by atoms with E-state index < -0.39 is 0 Å². The van der Waals surface area contributed by atoms with Gasteiger partial charge < -0.3 is 15.7 Å². The molecule has 0 bridgehead atoms. The van der Waals surface area contributed by atoms with Crippen molar-refractivity contribution in [1.29, 1.82) is 0 Å². The van der Waals surface area contributed by atoms with E-state index in [4.69, 9.17) is 5.73 Å². The minimum atomic E-state index is 0.315. The van der Waals surface area contributed by atoms with Crippen LogP contribution in [0.3, 0.4) is 0 Å². The zero-order chi connectivity index (χ0) is 12.8. The summed E-state index contributed by atoms with van der Waals surface area (Å²) in [5, 5.41) is 9.27. The number of piperidine rings is 1. The van der Waals surface area contributed by atoms with Crippen molar-refractivity contribution >= 4 is 0 Å². The zero-order valence-electron chi connectivity index (χ0n) is 11.0. The van der Waals surface area contributed by atoms with Crippen LogP contribution < -0.4 is 5.73 Å². The van der Waals surface area contributed by atoms with Gasteiger partial charge in [0, 0.05) is 32.2 Å². The maximum Gasteiger partial charge on any atom is 0.0471 e. The number of benzene rings is 1. The van der Waals surface area contributed by atoms with Gasteiger partial charge >= 0.3 is 0 Å². The van der Waals surface area contributed by atoms with Crippen LogP contribution in [0.15, 0.2) is 30.3 Å². The molecule has 2 atom stereocenters. The standard InChI is InChI=1S/C15H24N2O/c16-9-15(14-6-2-1-3-7-14)11-17-8-4-5-13(10-17)12-18/h1-3,6-7,13,15,18H,4-5,8-12,16H2. The monoisotopic (exact) mass is 248 g/mol. The van der Waals surface area contributed by atoms with Gasteiger partial charge in [0.05, 0.1) is 0 Å². The van der Waals surface area contributed by atoms with Gasteiger partial charge in [0.1, 0.15) is 0 Å². The second kappa shape index (κ2) is 6.88. The number of aliphatic hydroxyl groups excluding tert-OH is 1. The van der Waals surface area contributed by atoms with Gasteiger partial charge in [0.25, 0.3) is 0 Å². The van der Waals surface area contributed by atoms with Gasteiger partial charge in [-0.1, -0.05) is 30.3 Å². The van der Waals surface area contributed by atoms with Crippen molar-refractivity contribution in [2.24, 2.45) is 11.7 Å². The Hall–Kier alpha value is -0.900. The molecule has 2 rings (SSSR count). The normalized spacial score (nSPS) is 22.9. The summed E-state index contributed by atoms with van der Waals surface area (Å²) in [5.41, 5.74) is 7.24. The van der Waals surface area contributed by atoms with Crippen molar-refractivity contribution in [3.63, 3.8) is 0 Å². The van der Waals surface area contributed by atoms with Gasteiger partial charge in [-0.3, -0.25) is 0 Å². The molecule has 2 unspecified atom stereocenters. The van der Waals surface area contributed by atoms with Crippen LogP contribution in [-0.2, 0) is 0 Å². The molecule has 1 aliphatic heterocycles. The minimum absolute atomic E-state index is 0.315. The van der Waals surface area contributed by atoms with E-state index in [9.17, 15) is 5.11 Å². The Balaban J connectivity index is 1.94.